The lowest BCUT2D eigenvalue weighted by Crippen LogP contribution is -2.33. The maximum absolute atomic E-state index is 13.0. The molecule has 3 rings (SSSR count). The number of aliphatic imine (C=N–C) groups is 1. The van der Waals surface area contributed by atoms with Crippen LogP contribution in [0.2, 0.25) is 0 Å². The zero-order valence-corrected chi connectivity index (χ0v) is 19.5. The summed E-state index contributed by atoms with van der Waals surface area (Å²) in [6.45, 7) is 8.05. The van der Waals surface area contributed by atoms with Gasteiger partial charge in [-0.05, 0) is 43.2 Å². The summed E-state index contributed by atoms with van der Waals surface area (Å²) in [4.78, 5) is 32.0. The lowest BCUT2D eigenvalue weighted by molar-refractivity contribution is -0.127. The molecule has 1 heterocycles. The molecule has 0 bridgehead atoms. The maximum Gasteiger partial charge on any atom is 0.242 e. The minimum Gasteiger partial charge on any atom is -0.497 e. The van der Waals surface area contributed by atoms with Crippen LogP contribution in [-0.2, 0) is 9.59 Å². The molecule has 1 N–H and O–H groups in total. The van der Waals surface area contributed by atoms with Crippen molar-refractivity contribution in [1.82, 2.24) is 4.90 Å². The van der Waals surface area contributed by atoms with Crippen LogP contribution in [-0.4, -0.2) is 47.9 Å². The van der Waals surface area contributed by atoms with Crippen molar-refractivity contribution in [3.63, 3.8) is 0 Å². The van der Waals surface area contributed by atoms with E-state index in [0.29, 0.717) is 28.9 Å². The fraction of sp³-hybridized carbons (Fsp3) is 0.292. The molecule has 1 fully saturated rings. The third kappa shape index (κ3) is 5.31. The molecular weight excluding hydrogens is 426 g/mol. The van der Waals surface area contributed by atoms with Gasteiger partial charge in [0.25, 0.3) is 0 Å². The van der Waals surface area contributed by atoms with Gasteiger partial charge in [0, 0.05) is 19.0 Å². The van der Waals surface area contributed by atoms with Crippen LogP contribution in [0.5, 0.6) is 11.5 Å². The Balaban J connectivity index is 1.78. The van der Waals surface area contributed by atoms with Crippen molar-refractivity contribution in [3.05, 3.63) is 60.2 Å². The van der Waals surface area contributed by atoms with Crippen LogP contribution in [0.1, 0.15) is 17.5 Å². The third-order valence-corrected chi connectivity index (χ3v) is 6.14. The highest BCUT2D eigenvalue weighted by Crippen LogP contribution is 2.34. The van der Waals surface area contributed by atoms with E-state index in [9.17, 15) is 9.59 Å². The van der Waals surface area contributed by atoms with Crippen LogP contribution >= 0.6 is 11.8 Å². The number of carbonyl (C=O) groups is 2. The molecule has 168 valence electrons. The molecule has 0 aromatic heterocycles. The summed E-state index contributed by atoms with van der Waals surface area (Å²) in [6.07, 6.45) is 1.67. The Labute approximate surface area is 192 Å². The predicted octanol–water partition coefficient (Wildman–Crippen LogP) is 4.47. The number of amides is 2. The molecule has 2 aromatic carbocycles. The number of thioether (sulfide) groups is 1. The average molecular weight is 454 g/mol. The first kappa shape index (κ1) is 23.4. The zero-order chi connectivity index (χ0) is 23.3. The van der Waals surface area contributed by atoms with Crippen molar-refractivity contribution >= 4 is 40.1 Å². The minimum absolute atomic E-state index is 0.0120. The van der Waals surface area contributed by atoms with Gasteiger partial charge >= 0.3 is 0 Å². The number of hydrogen-bond acceptors (Lipinski definition) is 6. The van der Waals surface area contributed by atoms with Gasteiger partial charge in [-0.15, -0.1) is 6.58 Å². The topological polar surface area (TPSA) is 80.2 Å². The first-order chi connectivity index (χ1) is 15.4. The summed E-state index contributed by atoms with van der Waals surface area (Å²) in [5, 5.41) is 2.83. The summed E-state index contributed by atoms with van der Waals surface area (Å²) in [6, 6.07) is 11.1. The summed E-state index contributed by atoms with van der Waals surface area (Å²) in [5.41, 5.74) is 3.43. The smallest absolute Gasteiger partial charge is 0.242 e. The Bertz CT molecular complexity index is 1070. The molecule has 0 spiro atoms. The molecule has 0 radical (unpaired) electrons. The molecule has 1 unspecified atom stereocenters. The minimum atomic E-state index is -0.567. The highest BCUT2D eigenvalue weighted by molar-refractivity contribution is 8.15. The van der Waals surface area contributed by atoms with Crippen LogP contribution < -0.4 is 14.8 Å². The lowest BCUT2D eigenvalue weighted by Gasteiger charge is -2.14. The molecule has 0 aliphatic carbocycles. The number of hydrogen-bond donors (Lipinski definition) is 1. The van der Waals surface area contributed by atoms with Crippen molar-refractivity contribution < 1.29 is 19.1 Å². The molecule has 1 saturated heterocycles. The highest BCUT2D eigenvalue weighted by atomic mass is 32.2. The Morgan fingerprint density at radius 2 is 2.00 bits per heavy atom. The molecule has 32 heavy (non-hydrogen) atoms. The van der Waals surface area contributed by atoms with Gasteiger partial charge in [-0.2, -0.15) is 0 Å². The van der Waals surface area contributed by atoms with Gasteiger partial charge in [0.15, 0.2) is 5.17 Å². The van der Waals surface area contributed by atoms with Crippen molar-refractivity contribution in [2.75, 3.05) is 26.1 Å². The summed E-state index contributed by atoms with van der Waals surface area (Å²) in [5.74, 6) is 0.656. The number of rotatable bonds is 8. The largest absolute Gasteiger partial charge is 0.497 e. The fourth-order valence-corrected chi connectivity index (χ4v) is 4.40. The number of amidine groups is 1. The predicted molar refractivity (Wildman–Crippen MR) is 129 cm³/mol. The van der Waals surface area contributed by atoms with E-state index in [4.69, 9.17) is 14.5 Å². The number of benzene rings is 2. The Hall–Kier alpha value is -3.26. The molecular formula is C24H27N3O4S. The molecule has 2 amide bonds. The molecule has 1 aliphatic rings. The van der Waals surface area contributed by atoms with E-state index in [1.54, 1.807) is 36.3 Å². The Morgan fingerprint density at radius 3 is 2.69 bits per heavy atom. The van der Waals surface area contributed by atoms with Crippen LogP contribution in [0.3, 0.4) is 0 Å². The summed E-state index contributed by atoms with van der Waals surface area (Å²) in [7, 11) is 3.08. The summed E-state index contributed by atoms with van der Waals surface area (Å²) >= 11 is 1.30. The van der Waals surface area contributed by atoms with E-state index in [1.165, 1.54) is 18.9 Å². The van der Waals surface area contributed by atoms with E-state index >= 15 is 0 Å². The zero-order valence-electron chi connectivity index (χ0n) is 18.7. The number of methoxy groups -OCH3 is 2. The first-order valence-electron chi connectivity index (χ1n) is 10.1. The number of anilines is 1. The second kappa shape index (κ2) is 10.4. The van der Waals surface area contributed by atoms with Gasteiger partial charge in [0.1, 0.15) is 16.7 Å². The SMILES string of the molecule is C=CCN1C(=O)C(CC(=O)Nc2ccc(OC)cc2OC)SC1=Nc1cc(C)ccc1C. The number of nitrogens with zero attached hydrogens (tertiary/aromatic N) is 2. The van der Waals surface area contributed by atoms with Crippen LogP contribution in [0.15, 0.2) is 54.0 Å². The van der Waals surface area contributed by atoms with Crippen molar-refractivity contribution in [2.24, 2.45) is 4.99 Å². The van der Waals surface area contributed by atoms with E-state index in [1.807, 2.05) is 32.0 Å². The second-order valence-corrected chi connectivity index (χ2v) is 8.52. The van der Waals surface area contributed by atoms with Gasteiger partial charge < -0.3 is 14.8 Å². The van der Waals surface area contributed by atoms with E-state index < -0.39 is 5.25 Å². The van der Waals surface area contributed by atoms with Gasteiger partial charge in [0.2, 0.25) is 11.8 Å². The first-order valence-corrected chi connectivity index (χ1v) is 11.0. The van der Waals surface area contributed by atoms with Crippen molar-refractivity contribution in [1.29, 1.82) is 0 Å². The van der Waals surface area contributed by atoms with Gasteiger partial charge in [-0.1, -0.05) is 30.0 Å². The molecule has 7 nitrogen and oxygen atoms in total. The fourth-order valence-electron chi connectivity index (χ4n) is 3.24. The molecule has 8 heteroatoms. The van der Waals surface area contributed by atoms with Gasteiger partial charge in [0.05, 0.1) is 25.6 Å². The van der Waals surface area contributed by atoms with Crippen LogP contribution in [0.4, 0.5) is 11.4 Å². The number of carbonyl (C=O) groups excluding carboxylic acids is 2. The standard InChI is InChI=1S/C24H27N3O4S/c1-6-11-27-23(29)21(32-24(27)26-19-12-15(2)7-8-16(19)3)14-22(28)25-18-10-9-17(30-4)13-20(18)31-5/h6-10,12-13,21H,1,11,14H2,2-5H3,(H,25,28). The number of ether oxygens (including phenoxy) is 2. The monoisotopic (exact) mass is 453 g/mol. The van der Waals surface area contributed by atoms with Crippen LogP contribution in [0, 0.1) is 13.8 Å². The van der Waals surface area contributed by atoms with Gasteiger partial charge in [-0.25, -0.2) is 4.99 Å². The average Bonchev–Trinajstić information content (AvgIpc) is 3.05. The Kier molecular flexibility index (Phi) is 7.58. The highest BCUT2D eigenvalue weighted by Gasteiger charge is 2.38. The van der Waals surface area contributed by atoms with Crippen molar-refractivity contribution in [3.8, 4) is 11.5 Å². The maximum atomic E-state index is 13.0. The number of aryl methyl sites for hydroxylation is 2. The van der Waals surface area contributed by atoms with Crippen molar-refractivity contribution in [2.45, 2.75) is 25.5 Å². The van der Waals surface area contributed by atoms with E-state index in [2.05, 4.69) is 11.9 Å². The Morgan fingerprint density at radius 1 is 1.22 bits per heavy atom. The second-order valence-electron chi connectivity index (χ2n) is 7.35. The molecule has 1 aliphatic heterocycles. The number of nitrogens with one attached hydrogen (secondary N) is 1. The summed E-state index contributed by atoms with van der Waals surface area (Å²) < 4.78 is 10.5. The normalized spacial score (nSPS) is 16.9. The quantitative estimate of drug-likeness (QED) is 0.597. The van der Waals surface area contributed by atoms with E-state index in [-0.39, 0.29) is 18.2 Å². The molecule has 2 aromatic rings. The third-order valence-electron chi connectivity index (χ3n) is 4.97. The molecule has 0 saturated carbocycles. The molecule has 1 atom stereocenters. The van der Waals surface area contributed by atoms with E-state index in [0.717, 1.165) is 16.8 Å². The van der Waals surface area contributed by atoms with Crippen LogP contribution in [0.25, 0.3) is 0 Å². The lowest BCUT2D eigenvalue weighted by atomic mass is 10.1. The van der Waals surface area contributed by atoms with Gasteiger partial charge in [-0.3, -0.25) is 14.5 Å².